The Morgan fingerprint density at radius 3 is 2.65 bits per heavy atom. The highest BCUT2D eigenvalue weighted by atomic mass is 32.1. The normalized spacial score (nSPS) is 14.2. The maximum Gasteiger partial charge on any atom is 0.126 e. The Morgan fingerprint density at radius 1 is 1.15 bits per heavy atom. The van der Waals surface area contributed by atoms with Crippen LogP contribution in [0.1, 0.15) is 17.7 Å². The Balaban J connectivity index is 1.54. The zero-order valence-electron chi connectivity index (χ0n) is 11.2. The molecule has 106 valence electrons. The molecule has 0 saturated heterocycles. The van der Waals surface area contributed by atoms with Crippen molar-refractivity contribution in [1.29, 1.82) is 0 Å². The van der Waals surface area contributed by atoms with Crippen molar-refractivity contribution < 1.29 is 14.6 Å². The fourth-order valence-corrected chi connectivity index (χ4v) is 2.64. The molecule has 1 fully saturated rings. The zero-order valence-corrected chi connectivity index (χ0v) is 12.1. The van der Waals surface area contributed by atoms with Gasteiger partial charge in [-0.05, 0) is 30.2 Å². The van der Waals surface area contributed by atoms with Crippen molar-refractivity contribution in [3.8, 4) is 17.2 Å². The molecule has 3 rings (SSSR count). The molecule has 1 aromatic carbocycles. The number of thiophene rings is 1. The van der Waals surface area contributed by atoms with Gasteiger partial charge in [0, 0.05) is 29.5 Å². The molecule has 0 amide bonds. The lowest BCUT2D eigenvalue weighted by molar-refractivity contribution is 0.289. The fraction of sp³-hybridized carbons (Fsp3) is 0.375. The number of benzene rings is 1. The van der Waals surface area contributed by atoms with Crippen LogP contribution in [-0.2, 0) is 6.42 Å². The van der Waals surface area contributed by atoms with Crippen molar-refractivity contribution in [2.45, 2.75) is 19.3 Å². The van der Waals surface area contributed by atoms with E-state index in [1.165, 1.54) is 17.7 Å². The number of phenolic OH excluding ortho intramolecular Hbond substituents is 1. The topological polar surface area (TPSA) is 38.7 Å². The number of hydrogen-bond donors (Lipinski definition) is 1. The predicted molar refractivity (Wildman–Crippen MR) is 79.8 cm³/mol. The molecule has 3 nitrogen and oxygen atoms in total. The Morgan fingerprint density at radius 2 is 1.95 bits per heavy atom. The molecule has 0 unspecified atom stereocenters. The van der Waals surface area contributed by atoms with Crippen molar-refractivity contribution in [3.63, 3.8) is 0 Å². The summed E-state index contributed by atoms with van der Waals surface area (Å²) in [5.41, 5.74) is 0. The first-order valence-electron chi connectivity index (χ1n) is 6.91. The third kappa shape index (κ3) is 3.90. The second kappa shape index (κ2) is 6.18. The molecule has 1 saturated carbocycles. The molecular weight excluding hydrogens is 272 g/mol. The van der Waals surface area contributed by atoms with E-state index < -0.39 is 0 Å². The van der Waals surface area contributed by atoms with Gasteiger partial charge in [-0.15, -0.1) is 11.3 Å². The van der Waals surface area contributed by atoms with Gasteiger partial charge in [-0.25, -0.2) is 0 Å². The van der Waals surface area contributed by atoms with Crippen LogP contribution >= 0.6 is 11.3 Å². The standard InChI is InChI=1S/C16H18O3S/c17-13-8-14(18-6-5-16-2-1-7-20-16)10-15(9-13)19-11-12-3-4-12/h1-2,7-10,12,17H,3-6,11H2. The molecule has 1 heterocycles. The molecular formula is C16H18O3S. The molecule has 0 spiro atoms. The molecule has 20 heavy (non-hydrogen) atoms. The molecule has 2 aromatic rings. The maximum absolute atomic E-state index is 9.70. The number of aromatic hydroxyl groups is 1. The number of hydrogen-bond acceptors (Lipinski definition) is 4. The molecule has 0 aliphatic heterocycles. The van der Waals surface area contributed by atoms with Crippen molar-refractivity contribution in [2.24, 2.45) is 5.92 Å². The first-order chi connectivity index (χ1) is 9.79. The third-order valence-corrected chi connectivity index (χ3v) is 4.18. The largest absolute Gasteiger partial charge is 0.508 e. The Labute approximate surface area is 122 Å². The minimum absolute atomic E-state index is 0.185. The summed E-state index contributed by atoms with van der Waals surface area (Å²) < 4.78 is 11.4. The van der Waals surface area contributed by atoms with E-state index in [1.807, 2.05) is 12.1 Å². The number of phenols is 1. The maximum atomic E-state index is 9.70. The van der Waals surface area contributed by atoms with Crippen LogP contribution in [0.25, 0.3) is 0 Å². The summed E-state index contributed by atoms with van der Waals surface area (Å²) >= 11 is 1.73. The predicted octanol–water partition coefficient (Wildman–Crippen LogP) is 3.86. The zero-order chi connectivity index (χ0) is 13.8. The van der Waals surface area contributed by atoms with E-state index in [2.05, 4.69) is 11.4 Å². The Hall–Kier alpha value is -1.68. The van der Waals surface area contributed by atoms with Gasteiger partial charge in [0.2, 0.25) is 0 Å². The molecule has 4 heteroatoms. The summed E-state index contributed by atoms with van der Waals surface area (Å²) in [7, 11) is 0. The minimum atomic E-state index is 0.185. The van der Waals surface area contributed by atoms with Gasteiger partial charge in [-0.2, -0.15) is 0 Å². The number of rotatable bonds is 7. The van der Waals surface area contributed by atoms with Crippen LogP contribution in [0.2, 0.25) is 0 Å². The highest BCUT2D eigenvalue weighted by Crippen LogP contribution is 2.32. The first-order valence-corrected chi connectivity index (χ1v) is 7.79. The summed E-state index contributed by atoms with van der Waals surface area (Å²) in [5.74, 6) is 2.22. The summed E-state index contributed by atoms with van der Waals surface area (Å²) in [6.07, 6.45) is 3.39. The van der Waals surface area contributed by atoms with Crippen LogP contribution in [0.4, 0.5) is 0 Å². The number of ether oxygens (including phenoxy) is 2. The summed E-state index contributed by atoms with van der Waals surface area (Å²) in [5, 5.41) is 11.8. The van der Waals surface area contributed by atoms with Crippen LogP contribution in [0, 0.1) is 5.92 Å². The molecule has 1 aromatic heterocycles. The van der Waals surface area contributed by atoms with Crippen LogP contribution in [-0.4, -0.2) is 18.3 Å². The Bertz CT molecular complexity index is 547. The van der Waals surface area contributed by atoms with Crippen molar-refractivity contribution in [1.82, 2.24) is 0 Å². The average molecular weight is 290 g/mol. The lowest BCUT2D eigenvalue weighted by Gasteiger charge is -2.10. The van der Waals surface area contributed by atoms with Crippen LogP contribution in [0.3, 0.4) is 0 Å². The van der Waals surface area contributed by atoms with Gasteiger partial charge in [-0.1, -0.05) is 6.07 Å². The highest BCUT2D eigenvalue weighted by Gasteiger charge is 2.22. The smallest absolute Gasteiger partial charge is 0.126 e. The van der Waals surface area contributed by atoms with Crippen molar-refractivity contribution in [3.05, 3.63) is 40.6 Å². The van der Waals surface area contributed by atoms with E-state index in [-0.39, 0.29) is 5.75 Å². The van der Waals surface area contributed by atoms with Gasteiger partial charge in [0.15, 0.2) is 0 Å². The second-order valence-electron chi connectivity index (χ2n) is 5.09. The quantitative estimate of drug-likeness (QED) is 0.841. The monoisotopic (exact) mass is 290 g/mol. The average Bonchev–Trinajstić information content (AvgIpc) is 3.12. The Kier molecular flexibility index (Phi) is 4.11. The molecule has 0 atom stereocenters. The second-order valence-corrected chi connectivity index (χ2v) is 6.13. The SMILES string of the molecule is Oc1cc(OCCc2cccs2)cc(OCC2CC2)c1. The van der Waals surface area contributed by atoms with E-state index in [0.717, 1.165) is 13.0 Å². The van der Waals surface area contributed by atoms with Gasteiger partial charge in [0.25, 0.3) is 0 Å². The molecule has 1 aliphatic rings. The van der Waals surface area contributed by atoms with E-state index in [1.54, 1.807) is 23.5 Å². The van der Waals surface area contributed by atoms with E-state index in [0.29, 0.717) is 24.0 Å². The lowest BCUT2D eigenvalue weighted by Crippen LogP contribution is -2.02. The van der Waals surface area contributed by atoms with E-state index in [9.17, 15) is 5.11 Å². The third-order valence-electron chi connectivity index (χ3n) is 3.24. The molecule has 1 N–H and O–H groups in total. The molecule has 0 bridgehead atoms. The van der Waals surface area contributed by atoms with E-state index >= 15 is 0 Å². The van der Waals surface area contributed by atoms with Gasteiger partial charge >= 0.3 is 0 Å². The highest BCUT2D eigenvalue weighted by molar-refractivity contribution is 7.09. The van der Waals surface area contributed by atoms with Crippen LogP contribution in [0.5, 0.6) is 17.2 Å². The summed E-state index contributed by atoms with van der Waals surface area (Å²) in [6, 6.07) is 9.24. The molecule has 1 aliphatic carbocycles. The van der Waals surface area contributed by atoms with Crippen molar-refractivity contribution in [2.75, 3.05) is 13.2 Å². The fourth-order valence-electron chi connectivity index (χ4n) is 1.95. The van der Waals surface area contributed by atoms with Gasteiger partial charge < -0.3 is 14.6 Å². The van der Waals surface area contributed by atoms with Gasteiger partial charge in [-0.3, -0.25) is 0 Å². The summed E-state index contributed by atoms with van der Waals surface area (Å²) in [4.78, 5) is 1.30. The summed E-state index contributed by atoms with van der Waals surface area (Å²) in [6.45, 7) is 1.34. The lowest BCUT2D eigenvalue weighted by atomic mass is 10.3. The van der Waals surface area contributed by atoms with E-state index in [4.69, 9.17) is 9.47 Å². The van der Waals surface area contributed by atoms with Crippen LogP contribution in [0.15, 0.2) is 35.7 Å². The van der Waals surface area contributed by atoms with Gasteiger partial charge in [0.05, 0.1) is 13.2 Å². The van der Waals surface area contributed by atoms with Crippen molar-refractivity contribution >= 4 is 11.3 Å². The first kappa shape index (κ1) is 13.3. The minimum Gasteiger partial charge on any atom is -0.508 e. The van der Waals surface area contributed by atoms with Gasteiger partial charge in [0.1, 0.15) is 17.2 Å². The molecule has 0 radical (unpaired) electrons. The van der Waals surface area contributed by atoms with Crippen LogP contribution < -0.4 is 9.47 Å².